The molecule has 2 aromatic rings. The summed E-state index contributed by atoms with van der Waals surface area (Å²) in [4.78, 5) is 0. The predicted molar refractivity (Wildman–Crippen MR) is 67.3 cm³/mol. The van der Waals surface area contributed by atoms with Crippen molar-refractivity contribution in [1.82, 2.24) is 10.2 Å². The van der Waals surface area contributed by atoms with Crippen LogP contribution in [0.15, 0.2) is 16.5 Å². The zero-order chi connectivity index (χ0) is 13.8. The van der Waals surface area contributed by atoms with Gasteiger partial charge in [-0.2, -0.15) is 0 Å². The molecular formula is C12H13ClN2O4. The Hall–Kier alpha value is -1.79. The first kappa shape index (κ1) is 13.6. The third-order valence-corrected chi connectivity index (χ3v) is 2.66. The third-order valence-electron chi connectivity index (χ3n) is 2.38. The number of methoxy groups -OCH3 is 1. The summed E-state index contributed by atoms with van der Waals surface area (Å²) in [5, 5.41) is 17.0. The number of aliphatic hydroxyl groups excluding tert-OH is 1. The van der Waals surface area contributed by atoms with Gasteiger partial charge in [0.15, 0.2) is 18.1 Å². The van der Waals surface area contributed by atoms with Gasteiger partial charge in [-0.15, -0.1) is 10.2 Å². The van der Waals surface area contributed by atoms with Gasteiger partial charge in [-0.05, 0) is 17.7 Å². The van der Waals surface area contributed by atoms with Crippen LogP contribution in [-0.2, 0) is 13.2 Å². The van der Waals surface area contributed by atoms with Gasteiger partial charge in [0.1, 0.15) is 0 Å². The van der Waals surface area contributed by atoms with Gasteiger partial charge < -0.3 is 19.0 Å². The largest absolute Gasteiger partial charge is 0.493 e. The number of ether oxygens (including phenoxy) is 2. The molecular weight excluding hydrogens is 272 g/mol. The number of aromatic nitrogens is 2. The van der Waals surface area contributed by atoms with Gasteiger partial charge in [-0.3, -0.25) is 0 Å². The molecule has 102 valence electrons. The number of aryl methyl sites for hydroxylation is 1. The average Bonchev–Trinajstić information content (AvgIpc) is 2.82. The highest BCUT2D eigenvalue weighted by atomic mass is 35.5. The molecule has 0 saturated carbocycles. The highest BCUT2D eigenvalue weighted by Gasteiger charge is 2.13. The highest BCUT2D eigenvalue weighted by molar-refractivity contribution is 6.32. The van der Waals surface area contributed by atoms with E-state index in [1.807, 2.05) is 0 Å². The molecule has 7 heteroatoms. The normalized spacial score (nSPS) is 10.5. The van der Waals surface area contributed by atoms with Crippen molar-refractivity contribution in [3.8, 4) is 11.5 Å². The molecule has 0 bridgehead atoms. The molecule has 6 nitrogen and oxygen atoms in total. The van der Waals surface area contributed by atoms with Crippen molar-refractivity contribution in [3.05, 3.63) is 34.5 Å². The summed E-state index contributed by atoms with van der Waals surface area (Å²) in [6.07, 6.45) is 0. The third kappa shape index (κ3) is 3.15. The van der Waals surface area contributed by atoms with Gasteiger partial charge in [-0.25, -0.2) is 0 Å². The summed E-state index contributed by atoms with van der Waals surface area (Å²) in [6.45, 7) is 1.66. The summed E-state index contributed by atoms with van der Waals surface area (Å²) in [5.41, 5.74) is 0.642. The van der Waals surface area contributed by atoms with E-state index in [9.17, 15) is 0 Å². The summed E-state index contributed by atoms with van der Waals surface area (Å²) in [5.74, 6) is 1.62. The molecule has 0 aliphatic carbocycles. The van der Waals surface area contributed by atoms with Crippen LogP contribution in [0.25, 0.3) is 0 Å². The predicted octanol–water partition coefficient (Wildman–Crippen LogP) is 2.11. The van der Waals surface area contributed by atoms with Gasteiger partial charge in [0.25, 0.3) is 5.89 Å². The first-order valence-electron chi connectivity index (χ1n) is 5.53. The fourth-order valence-corrected chi connectivity index (χ4v) is 1.82. The van der Waals surface area contributed by atoms with Crippen molar-refractivity contribution in [2.75, 3.05) is 7.11 Å². The Morgan fingerprint density at radius 2 is 2.16 bits per heavy atom. The van der Waals surface area contributed by atoms with E-state index in [2.05, 4.69) is 10.2 Å². The quantitative estimate of drug-likeness (QED) is 0.906. The molecule has 0 saturated heterocycles. The summed E-state index contributed by atoms with van der Waals surface area (Å²) in [6, 6.07) is 3.26. The Labute approximate surface area is 114 Å². The first-order chi connectivity index (χ1) is 9.13. The fraction of sp³-hybridized carbons (Fsp3) is 0.333. The van der Waals surface area contributed by atoms with E-state index in [4.69, 9.17) is 30.6 Å². The zero-order valence-corrected chi connectivity index (χ0v) is 11.3. The van der Waals surface area contributed by atoms with Gasteiger partial charge >= 0.3 is 0 Å². The van der Waals surface area contributed by atoms with Crippen LogP contribution in [0.3, 0.4) is 0 Å². The van der Waals surface area contributed by atoms with E-state index in [1.54, 1.807) is 19.1 Å². The molecule has 0 aliphatic rings. The molecule has 0 atom stereocenters. The Kier molecular flexibility index (Phi) is 4.24. The molecule has 2 rings (SSSR count). The van der Waals surface area contributed by atoms with E-state index in [1.165, 1.54) is 7.11 Å². The van der Waals surface area contributed by atoms with Crippen molar-refractivity contribution in [2.45, 2.75) is 20.1 Å². The van der Waals surface area contributed by atoms with Crippen LogP contribution in [0.4, 0.5) is 0 Å². The van der Waals surface area contributed by atoms with Crippen LogP contribution in [-0.4, -0.2) is 22.4 Å². The topological polar surface area (TPSA) is 77.6 Å². The number of halogens is 1. The molecule has 0 amide bonds. The maximum absolute atomic E-state index is 9.10. The van der Waals surface area contributed by atoms with Crippen molar-refractivity contribution in [2.24, 2.45) is 0 Å². The Bertz CT molecular complexity index is 571. The van der Waals surface area contributed by atoms with Crippen molar-refractivity contribution in [3.63, 3.8) is 0 Å². The van der Waals surface area contributed by atoms with Crippen LogP contribution < -0.4 is 9.47 Å². The number of aliphatic hydroxyl groups is 1. The molecule has 0 radical (unpaired) electrons. The minimum Gasteiger partial charge on any atom is -0.493 e. The molecule has 1 aromatic carbocycles. The summed E-state index contributed by atoms with van der Waals surface area (Å²) >= 11 is 6.08. The van der Waals surface area contributed by atoms with E-state index in [-0.39, 0.29) is 13.2 Å². The molecule has 0 unspecified atom stereocenters. The highest BCUT2D eigenvalue weighted by Crippen LogP contribution is 2.36. The van der Waals surface area contributed by atoms with E-state index < -0.39 is 0 Å². The summed E-state index contributed by atoms with van der Waals surface area (Å²) in [7, 11) is 1.50. The number of hydrogen-bond acceptors (Lipinski definition) is 6. The van der Waals surface area contributed by atoms with Gasteiger partial charge in [0.05, 0.1) is 18.7 Å². The summed E-state index contributed by atoms with van der Waals surface area (Å²) < 4.78 is 15.9. The second kappa shape index (κ2) is 5.90. The Morgan fingerprint density at radius 1 is 1.37 bits per heavy atom. The van der Waals surface area contributed by atoms with E-state index in [0.29, 0.717) is 33.9 Å². The van der Waals surface area contributed by atoms with Crippen molar-refractivity contribution >= 4 is 11.6 Å². The minimum atomic E-state index is -0.126. The number of nitrogens with zero attached hydrogens (tertiary/aromatic N) is 2. The monoisotopic (exact) mass is 284 g/mol. The number of benzene rings is 1. The standard InChI is InChI=1S/C12H13ClN2O4/c1-7-14-15-11(19-7)6-18-12-9(13)3-8(5-16)4-10(12)17-2/h3-4,16H,5-6H2,1-2H3. The molecule has 0 spiro atoms. The lowest BCUT2D eigenvalue weighted by Gasteiger charge is -2.12. The van der Waals surface area contributed by atoms with Gasteiger partial charge in [-0.1, -0.05) is 11.6 Å². The minimum absolute atomic E-state index is 0.0927. The van der Waals surface area contributed by atoms with E-state index >= 15 is 0 Å². The van der Waals surface area contributed by atoms with Crippen molar-refractivity contribution in [1.29, 1.82) is 0 Å². The van der Waals surface area contributed by atoms with Crippen LogP contribution in [0.5, 0.6) is 11.5 Å². The number of rotatable bonds is 5. The zero-order valence-electron chi connectivity index (χ0n) is 10.5. The van der Waals surface area contributed by atoms with Gasteiger partial charge in [0.2, 0.25) is 5.89 Å². The lowest BCUT2D eigenvalue weighted by Crippen LogP contribution is -2.00. The first-order valence-corrected chi connectivity index (χ1v) is 5.91. The molecule has 1 aromatic heterocycles. The maximum atomic E-state index is 9.10. The van der Waals surface area contributed by atoms with Crippen LogP contribution in [0.2, 0.25) is 5.02 Å². The average molecular weight is 285 g/mol. The van der Waals surface area contributed by atoms with Crippen LogP contribution in [0.1, 0.15) is 17.3 Å². The molecule has 0 fully saturated rings. The lowest BCUT2D eigenvalue weighted by molar-refractivity contribution is 0.246. The fourth-order valence-electron chi connectivity index (χ4n) is 1.53. The number of hydrogen-bond donors (Lipinski definition) is 1. The Balaban J connectivity index is 2.19. The van der Waals surface area contributed by atoms with E-state index in [0.717, 1.165) is 0 Å². The Morgan fingerprint density at radius 3 is 2.74 bits per heavy atom. The smallest absolute Gasteiger partial charge is 0.253 e. The van der Waals surface area contributed by atoms with Crippen LogP contribution >= 0.6 is 11.6 Å². The second-order valence-electron chi connectivity index (χ2n) is 3.77. The lowest BCUT2D eigenvalue weighted by atomic mass is 10.2. The molecule has 1 heterocycles. The SMILES string of the molecule is COc1cc(CO)cc(Cl)c1OCc1nnc(C)o1. The molecule has 1 N–H and O–H groups in total. The van der Waals surface area contributed by atoms with Gasteiger partial charge in [0, 0.05) is 6.92 Å². The maximum Gasteiger partial charge on any atom is 0.253 e. The second-order valence-corrected chi connectivity index (χ2v) is 4.18. The van der Waals surface area contributed by atoms with Crippen molar-refractivity contribution < 1.29 is 19.0 Å². The molecule has 19 heavy (non-hydrogen) atoms. The van der Waals surface area contributed by atoms with Crippen LogP contribution in [0, 0.1) is 6.92 Å². The molecule has 0 aliphatic heterocycles.